The molecule has 0 atom stereocenters. The standard InChI is InChI=1S/C23H23NO7/c1-13(25)30-11-17-7-16-8-20(28-3)21(29-4)10-18(16)23(19(17)12-31-14(2)26)15-5-6-24-22(27)9-15/h5-10H,11-12H2,1-4H3,(H,24,27). The SMILES string of the molecule is COc1cc2cc(COC(C)=O)c(COC(C)=O)c(-c3cc[nH]c(=O)c3)c2cc1OC. The summed E-state index contributed by atoms with van der Waals surface area (Å²) < 4.78 is 21.4. The Labute approximate surface area is 178 Å². The summed E-state index contributed by atoms with van der Waals surface area (Å²) in [4.78, 5) is 37.6. The van der Waals surface area contributed by atoms with Gasteiger partial charge >= 0.3 is 11.9 Å². The largest absolute Gasteiger partial charge is 0.493 e. The van der Waals surface area contributed by atoms with Gasteiger partial charge in [0.2, 0.25) is 5.56 Å². The van der Waals surface area contributed by atoms with Gasteiger partial charge in [-0.15, -0.1) is 0 Å². The number of rotatable bonds is 7. The zero-order valence-electron chi connectivity index (χ0n) is 17.7. The van der Waals surface area contributed by atoms with E-state index in [2.05, 4.69) is 4.98 Å². The molecule has 0 bridgehead atoms. The van der Waals surface area contributed by atoms with E-state index in [1.807, 2.05) is 6.07 Å². The van der Waals surface area contributed by atoms with Gasteiger partial charge in [-0.3, -0.25) is 14.4 Å². The first-order valence-corrected chi connectivity index (χ1v) is 9.50. The van der Waals surface area contributed by atoms with Crippen molar-refractivity contribution in [3.05, 3.63) is 58.0 Å². The molecule has 1 N–H and O–H groups in total. The molecular weight excluding hydrogens is 402 g/mol. The second-order valence-corrected chi connectivity index (χ2v) is 6.82. The summed E-state index contributed by atoms with van der Waals surface area (Å²) >= 11 is 0. The van der Waals surface area contributed by atoms with Gasteiger partial charge in [0.1, 0.15) is 13.2 Å². The molecule has 1 heterocycles. The maximum absolute atomic E-state index is 12.0. The third kappa shape index (κ3) is 4.85. The molecule has 0 unspecified atom stereocenters. The van der Waals surface area contributed by atoms with E-state index in [0.717, 1.165) is 10.8 Å². The van der Waals surface area contributed by atoms with Crippen LogP contribution >= 0.6 is 0 Å². The minimum absolute atomic E-state index is 0.0214. The maximum Gasteiger partial charge on any atom is 0.302 e. The highest BCUT2D eigenvalue weighted by Gasteiger charge is 2.20. The summed E-state index contributed by atoms with van der Waals surface area (Å²) in [5, 5.41) is 1.54. The monoisotopic (exact) mass is 425 g/mol. The number of fused-ring (bicyclic) bond motifs is 1. The molecule has 0 spiro atoms. The lowest BCUT2D eigenvalue weighted by Crippen LogP contribution is -2.09. The fourth-order valence-corrected chi connectivity index (χ4v) is 3.41. The fraction of sp³-hybridized carbons (Fsp3) is 0.261. The first-order valence-electron chi connectivity index (χ1n) is 9.50. The highest BCUT2D eigenvalue weighted by molar-refractivity contribution is 6.01. The summed E-state index contributed by atoms with van der Waals surface area (Å²) in [5.74, 6) is 0.136. The van der Waals surface area contributed by atoms with Crippen LogP contribution in [0.25, 0.3) is 21.9 Å². The summed E-state index contributed by atoms with van der Waals surface area (Å²) in [6.07, 6.45) is 1.54. The van der Waals surface area contributed by atoms with E-state index in [4.69, 9.17) is 18.9 Å². The van der Waals surface area contributed by atoms with Gasteiger partial charge in [0, 0.05) is 31.7 Å². The molecule has 8 nitrogen and oxygen atoms in total. The van der Waals surface area contributed by atoms with Crippen LogP contribution < -0.4 is 15.0 Å². The van der Waals surface area contributed by atoms with Crippen LogP contribution in [0, 0.1) is 0 Å². The molecule has 2 aromatic carbocycles. The number of carbonyl (C=O) groups is 2. The molecule has 0 radical (unpaired) electrons. The lowest BCUT2D eigenvalue weighted by atomic mass is 9.90. The Hall–Kier alpha value is -3.81. The number of aromatic amines is 1. The number of ether oxygens (including phenoxy) is 4. The molecule has 1 aromatic heterocycles. The average Bonchev–Trinajstić information content (AvgIpc) is 2.74. The third-order valence-corrected chi connectivity index (χ3v) is 4.76. The van der Waals surface area contributed by atoms with Crippen molar-refractivity contribution in [1.29, 1.82) is 0 Å². The van der Waals surface area contributed by atoms with Crippen molar-refractivity contribution in [2.75, 3.05) is 14.2 Å². The molecule has 0 fully saturated rings. The summed E-state index contributed by atoms with van der Waals surface area (Å²) in [6, 6.07) is 8.66. The van der Waals surface area contributed by atoms with Crippen LogP contribution in [0.3, 0.4) is 0 Å². The van der Waals surface area contributed by atoms with Crippen molar-refractivity contribution in [2.45, 2.75) is 27.1 Å². The minimum atomic E-state index is -0.456. The van der Waals surface area contributed by atoms with Crippen LogP contribution in [0.5, 0.6) is 11.5 Å². The number of carbonyl (C=O) groups excluding carboxylic acids is 2. The highest BCUT2D eigenvalue weighted by Crippen LogP contribution is 2.40. The number of esters is 2. The van der Waals surface area contributed by atoms with Crippen LogP contribution in [-0.4, -0.2) is 31.1 Å². The second-order valence-electron chi connectivity index (χ2n) is 6.82. The van der Waals surface area contributed by atoms with Gasteiger partial charge < -0.3 is 23.9 Å². The van der Waals surface area contributed by atoms with Crippen molar-refractivity contribution in [3.8, 4) is 22.6 Å². The quantitative estimate of drug-likeness (QED) is 0.579. The molecule has 3 aromatic rings. The van der Waals surface area contributed by atoms with Crippen LogP contribution in [0.2, 0.25) is 0 Å². The van der Waals surface area contributed by atoms with Crippen molar-refractivity contribution in [1.82, 2.24) is 4.98 Å². The molecule has 0 amide bonds. The predicted octanol–water partition coefficient (Wildman–Crippen LogP) is 3.34. The highest BCUT2D eigenvalue weighted by atomic mass is 16.5. The molecule has 0 aliphatic carbocycles. The van der Waals surface area contributed by atoms with Gasteiger partial charge in [-0.05, 0) is 51.7 Å². The summed E-state index contributed by atoms with van der Waals surface area (Å²) in [5.41, 5.74) is 2.28. The van der Waals surface area contributed by atoms with Crippen molar-refractivity contribution in [3.63, 3.8) is 0 Å². The Kier molecular flexibility index (Phi) is 6.59. The van der Waals surface area contributed by atoms with Crippen LogP contribution in [0.15, 0.2) is 41.3 Å². The van der Waals surface area contributed by atoms with Crippen LogP contribution in [-0.2, 0) is 32.3 Å². The number of H-pyrrole nitrogens is 1. The second kappa shape index (κ2) is 9.34. The van der Waals surface area contributed by atoms with E-state index in [-0.39, 0.29) is 18.8 Å². The number of nitrogens with one attached hydrogen (secondary N) is 1. The van der Waals surface area contributed by atoms with E-state index in [9.17, 15) is 14.4 Å². The topological polar surface area (TPSA) is 104 Å². The Morgan fingerprint density at radius 3 is 2.16 bits per heavy atom. The van der Waals surface area contributed by atoms with E-state index >= 15 is 0 Å². The first kappa shape index (κ1) is 21.9. The molecule has 0 saturated heterocycles. The molecule has 162 valence electrons. The van der Waals surface area contributed by atoms with Crippen LogP contribution in [0.1, 0.15) is 25.0 Å². The van der Waals surface area contributed by atoms with Gasteiger partial charge in [-0.2, -0.15) is 0 Å². The maximum atomic E-state index is 12.0. The summed E-state index contributed by atoms with van der Waals surface area (Å²) in [7, 11) is 3.07. The predicted molar refractivity (Wildman–Crippen MR) is 114 cm³/mol. The van der Waals surface area contributed by atoms with Crippen molar-refractivity contribution >= 4 is 22.7 Å². The lowest BCUT2D eigenvalue weighted by molar-refractivity contribution is -0.143. The van der Waals surface area contributed by atoms with Gasteiger partial charge in [-0.1, -0.05) is 0 Å². The number of benzene rings is 2. The van der Waals surface area contributed by atoms with Crippen molar-refractivity contribution in [2.24, 2.45) is 0 Å². The molecule has 31 heavy (non-hydrogen) atoms. The molecule has 0 aliphatic heterocycles. The Morgan fingerprint density at radius 1 is 0.903 bits per heavy atom. The van der Waals surface area contributed by atoms with Crippen LogP contribution in [0.4, 0.5) is 0 Å². The van der Waals surface area contributed by atoms with Gasteiger partial charge in [-0.25, -0.2) is 0 Å². The number of hydrogen-bond acceptors (Lipinski definition) is 7. The normalized spacial score (nSPS) is 10.6. The molecule has 3 rings (SSSR count). The fourth-order valence-electron chi connectivity index (χ4n) is 3.41. The zero-order chi connectivity index (χ0) is 22.5. The van der Waals surface area contributed by atoms with Gasteiger partial charge in [0.15, 0.2) is 11.5 Å². The third-order valence-electron chi connectivity index (χ3n) is 4.76. The summed E-state index contributed by atoms with van der Waals surface area (Å²) in [6.45, 7) is 2.55. The Balaban J connectivity index is 2.39. The number of aromatic nitrogens is 1. The number of pyridine rings is 1. The Bertz CT molecular complexity index is 1200. The van der Waals surface area contributed by atoms with E-state index < -0.39 is 11.9 Å². The smallest absolute Gasteiger partial charge is 0.302 e. The van der Waals surface area contributed by atoms with E-state index in [0.29, 0.717) is 33.8 Å². The average molecular weight is 425 g/mol. The number of methoxy groups -OCH3 is 2. The zero-order valence-corrected chi connectivity index (χ0v) is 17.7. The van der Waals surface area contributed by atoms with Crippen molar-refractivity contribution < 1.29 is 28.5 Å². The molecule has 8 heteroatoms. The lowest BCUT2D eigenvalue weighted by Gasteiger charge is -2.19. The van der Waals surface area contributed by atoms with E-state index in [1.165, 1.54) is 34.1 Å². The minimum Gasteiger partial charge on any atom is -0.493 e. The van der Waals surface area contributed by atoms with E-state index in [1.54, 1.807) is 24.4 Å². The molecule has 0 saturated carbocycles. The Morgan fingerprint density at radius 2 is 1.55 bits per heavy atom. The first-order chi connectivity index (χ1) is 14.8. The number of hydrogen-bond donors (Lipinski definition) is 1. The molecular formula is C23H23NO7. The molecule has 0 aliphatic rings. The van der Waals surface area contributed by atoms with Gasteiger partial charge in [0.25, 0.3) is 0 Å². The van der Waals surface area contributed by atoms with Gasteiger partial charge in [0.05, 0.1) is 14.2 Å².